The number of hydrogen-bond acceptors (Lipinski definition) is 4. The van der Waals surface area contributed by atoms with Crippen molar-refractivity contribution in [2.75, 3.05) is 19.0 Å². The van der Waals surface area contributed by atoms with Gasteiger partial charge in [-0.2, -0.15) is 0 Å². The number of nitrogens with one attached hydrogen (secondary N) is 1. The minimum Gasteiger partial charge on any atom is -0.493 e. The van der Waals surface area contributed by atoms with Crippen molar-refractivity contribution in [3.63, 3.8) is 0 Å². The number of anilines is 1. The second kappa shape index (κ2) is 9.94. The maximum Gasteiger partial charge on any atom is 0.179 e. The van der Waals surface area contributed by atoms with Crippen molar-refractivity contribution in [2.24, 2.45) is 10.9 Å². The highest BCUT2D eigenvalue weighted by molar-refractivity contribution is 6.32. The molecule has 1 aliphatic heterocycles. The summed E-state index contributed by atoms with van der Waals surface area (Å²) in [6.45, 7) is 2.65. The molecule has 0 radical (unpaired) electrons. The van der Waals surface area contributed by atoms with Gasteiger partial charge in [0.25, 0.3) is 0 Å². The van der Waals surface area contributed by atoms with Crippen molar-refractivity contribution in [2.45, 2.75) is 31.7 Å². The zero-order valence-corrected chi connectivity index (χ0v) is 20.3. The van der Waals surface area contributed by atoms with Crippen LogP contribution in [0, 0.1) is 5.92 Å². The average Bonchev–Trinajstić information content (AvgIpc) is 3.37. The largest absolute Gasteiger partial charge is 0.493 e. The van der Waals surface area contributed by atoms with Crippen LogP contribution in [0.15, 0.2) is 77.8 Å². The van der Waals surface area contributed by atoms with Gasteiger partial charge in [0.15, 0.2) is 11.5 Å². The Morgan fingerprint density at radius 3 is 2.74 bits per heavy atom. The van der Waals surface area contributed by atoms with Crippen LogP contribution in [0.1, 0.15) is 48.4 Å². The molecule has 3 aromatic rings. The van der Waals surface area contributed by atoms with Gasteiger partial charge in [-0.25, -0.2) is 0 Å². The Kier molecular flexibility index (Phi) is 6.59. The van der Waals surface area contributed by atoms with E-state index >= 15 is 0 Å². The highest BCUT2D eigenvalue weighted by atomic mass is 35.5. The summed E-state index contributed by atoms with van der Waals surface area (Å²) >= 11 is 6.44. The van der Waals surface area contributed by atoms with E-state index < -0.39 is 0 Å². The highest BCUT2D eigenvalue weighted by Gasteiger charge is 2.37. The van der Waals surface area contributed by atoms with Crippen molar-refractivity contribution in [3.05, 3.63) is 94.5 Å². The first-order chi connectivity index (χ1) is 16.7. The van der Waals surface area contributed by atoms with E-state index in [2.05, 4.69) is 77.9 Å². The molecule has 0 spiro atoms. The number of allylic oxidation sites excluding steroid dienone is 2. The summed E-state index contributed by atoms with van der Waals surface area (Å²) in [4.78, 5) is 4.66. The Morgan fingerprint density at radius 1 is 1.12 bits per heavy atom. The third kappa shape index (κ3) is 4.43. The van der Waals surface area contributed by atoms with E-state index in [1.54, 1.807) is 13.3 Å². The molecule has 1 heterocycles. The van der Waals surface area contributed by atoms with Crippen LogP contribution in [0.5, 0.6) is 11.5 Å². The third-order valence-electron chi connectivity index (χ3n) is 6.59. The molecule has 0 saturated heterocycles. The number of methoxy groups -OCH3 is 1. The van der Waals surface area contributed by atoms with Crippen molar-refractivity contribution in [1.29, 1.82) is 0 Å². The molecule has 0 saturated carbocycles. The molecule has 1 N–H and O–H groups in total. The van der Waals surface area contributed by atoms with Gasteiger partial charge in [0.05, 0.1) is 30.5 Å². The second-order valence-corrected chi connectivity index (χ2v) is 9.20. The smallest absolute Gasteiger partial charge is 0.179 e. The highest BCUT2D eigenvalue weighted by Crippen LogP contribution is 2.49. The summed E-state index contributed by atoms with van der Waals surface area (Å²) in [5, 5.41) is 4.30. The van der Waals surface area contributed by atoms with Gasteiger partial charge in [0, 0.05) is 17.8 Å². The predicted octanol–water partition coefficient (Wildman–Crippen LogP) is 7.71. The number of halogens is 1. The van der Waals surface area contributed by atoms with Gasteiger partial charge in [-0.05, 0) is 65.8 Å². The summed E-state index contributed by atoms with van der Waals surface area (Å²) < 4.78 is 11.2. The molecule has 5 heteroatoms. The zero-order valence-electron chi connectivity index (χ0n) is 19.5. The zero-order chi connectivity index (χ0) is 23.5. The minimum absolute atomic E-state index is 0.284. The summed E-state index contributed by atoms with van der Waals surface area (Å²) in [7, 11) is 1.62. The number of ether oxygens (including phenoxy) is 2. The molecule has 3 aromatic carbocycles. The number of hydrogen-bond donors (Lipinski definition) is 1. The van der Waals surface area contributed by atoms with Crippen LogP contribution in [-0.2, 0) is 0 Å². The normalized spacial score (nSPS) is 20.6. The summed E-state index contributed by atoms with van der Waals surface area (Å²) in [5.74, 6) is 2.20. The van der Waals surface area contributed by atoms with Crippen molar-refractivity contribution < 1.29 is 9.47 Å². The van der Waals surface area contributed by atoms with Crippen LogP contribution in [0.25, 0.3) is 0 Å². The minimum atomic E-state index is 0.284. The van der Waals surface area contributed by atoms with E-state index in [4.69, 9.17) is 21.1 Å². The van der Waals surface area contributed by atoms with Crippen molar-refractivity contribution in [3.8, 4) is 11.5 Å². The summed E-state index contributed by atoms with van der Waals surface area (Å²) in [5.41, 5.74) is 5.68. The van der Waals surface area contributed by atoms with Crippen molar-refractivity contribution in [1.82, 2.24) is 0 Å². The first kappa shape index (κ1) is 22.5. The molecule has 0 amide bonds. The Balaban J connectivity index is 1.34. The predicted molar refractivity (Wildman–Crippen MR) is 140 cm³/mol. The van der Waals surface area contributed by atoms with Gasteiger partial charge in [0.1, 0.15) is 0 Å². The maximum absolute atomic E-state index is 6.44. The van der Waals surface area contributed by atoms with Crippen LogP contribution in [0.2, 0.25) is 5.02 Å². The van der Waals surface area contributed by atoms with Crippen LogP contribution >= 0.6 is 11.6 Å². The lowest BCUT2D eigenvalue weighted by molar-refractivity contribution is 0.294. The van der Waals surface area contributed by atoms with Gasteiger partial charge in [-0.1, -0.05) is 61.0 Å². The van der Waals surface area contributed by atoms with Crippen LogP contribution in [0.4, 0.5) is 11.4 Å². The molecule has 5 rings (SSSR count). The summed E-state index contributed by atoms with van der Waals surface area (Å²) in [6.07, 6.45) is 8.49. The topological polar surface area (TPSA) is 42.8 Å². The molecule has 0 bridgehead atoms. The van der Waals surface area contributed by atoms with Gasteiger partial charge < -0.3 is 14.8 Å². The Morgan fingerprint density at radius 2 is 1.94 bits per heavy atom. The number of benzene rings is 3. The number of aliphatic imine (C=N–C) groups is 1. The SMILES string of the molecule is CCCOc1c(Cl)cc(C=Nc2ccc([C@@H]3Nc4ccccc4[C@H]4C=CC[C@@H]43)cc2)cc1OC. The van der Waals surface area contributed by atoms with E-state index in [9.17, 15) is 0 Å². The Bertz CT molecular complexity index is 1220. The number of rotatable bonds is 7. The lowest BCUT2D eigenvalue weighted by Crippen LogP contribution is -2.28. The Hall–Kier alpha value is -3.24. The van der Waals surface area contributed by atoms with E-state index in [-0.39, 0.29) is 6.04 Å². The molecule has 3 atom stereocenters. The average molecular weight is 473 g/mol. The fraction of sp³-hybridized carbons (Fsp3) is 0.276. The standard InChI is InChI=1S/C29H29ClN2O2/c1-3-15-34-29-25(30)16-19(17-27(29)33-2)18-31-21-13-11-20(12-14-21)28-24-9-6-8-22(24)23-7-4-5-10-26(23)32-28/h4-8,10-14,16-18,22,24,28,32H,3,9,15H2,1-2H3/t22-,24+,28+/m1/s1. The lowest BCUT2D eigenvalue weighted by Gasteiger charge is -2.37. The van der Waals surface area contributed by atoms with E-state index in [1.165, 1.54) is 16.8 Å². The third-order valence-corrected chi connectivity index (χ3v) is 6.87. The molecule has 174 valence electrons. The maximum atomic E-state index is 6.44. The fourth-order valence-electron chi connectivity index (χ4n) is 4.95. The molecule has 2 aliphatic rings. The van der Waals surface area contributed by atoms with Gasteiger partial charge in [-0.3, -0.25) is 4.99 Å². The molecule has 0 fully saturated rings. The Labute approximate surface area is 206 Å². The quantitative estimate of drug-likeness (QED) is 0.283. The van der Waals surface area contributed by atoms with E-state index in [1.807, 2.05) is 12.1 Å². The van der Waals surface area contributed by atoms with Crippen LogP contribution in [-0.4, -0.2) is 19.9 Å². The molecule has 4 nitrogen and oxygen atoms in total. The molecule has 0 unspecified atom stereocenters. The van der Waals surface area contributed by atoms with Gasteiger partial charge >= 0.3 is 0 Å². The number of nitrogens with zero attached hydrogens (tertiary/aromatic N) is 1. The van der Waals surface area contributed by atoms with Crippen LogP contribution < -0.4 is 14.8 Å². The van der Waals surface area contributed by atoms with Crippen LogP contribution in [0.3, 0.4) is 0 Å². The van der Waals surface area contributed by atoms with Gasteiger partial charge in [0.2, 0.25) is 0 Å². The lowest BCUT2D eigenvalue weighted by atomic mass is 9.77. The molecular weight excluding hydrogens is 444 g/mol. The second-order valence-electron chi connectivity index (χ2n) is 8.80. The molecular formula is C29H29ClN2O2. The van der Waals surface area contributed by atoms with E-state index in [0.29, 0.717) is 35.0 Å². The monoisotopic (exact) mass is 472 g/mol. The first-order valence-electron chi connectivity index (χ1n) is 11.8. The molecule has 34 heavy (non-hydrogen) atoms. The van der Waals surface area contributed by atoms with Crippen molar-refractivity contribution >= 4 is 29.2 Å². The molecule has 0 aromatic heterocycles. The van der Waals surface area contributed by atoms with Gasteiger partial charge in [-0.15, -0.1) is 0 Å². The van der Waals surface area contributed by atoms with E-state index in [0.717, 1.165) is 24.1 Å². The summed E-state index contributed by atoms with van der Waals surface area (Å²) in [6, 6.07) is 21.2. The number of para-hydroxylation sites is 1. The number of fused-ring (bicyclic) bond motifs is 3. The fourth-order valence-corrected chi connectivity index (χ4v) is 5.22. The molecule has 1 aliphatic carbocycles. The first-order valence-corrected chi connectivity index (χ1v) is 12.2.